The summed E-state index contributed by atoms with van der Waals surface area (Å²) in [6.45, 7) is 5.53. The average molecular weight is 367 g/mol. The van der Waals surface area contributed by atoms with Gasteiger partial charge < -0.3 is 15.4 Å². The van der Waals surface area contributed by atoms with E-state index in [1.165, 1.54) is 4.88 Å². The van der Waals surface area contributed by atoms with Gasteiger partial charge in [-0.1, -0.05) is 17.7 Å². The second-order valence-electron chi connectivity index (χ2n) is 5.31. The number of hydrogen-bond donors (Lipinski definition) is 2. The first-order valence-corrected chi connectivity index (χ1v) is 8.92. The number of halogens is 1. The summed E-state index contributed by atoms with van der Waals surface area (Å²) in [5.41, 5.74) is 2.14. The molecule has 0 aliphatic carbocycles. The summed E-state index contributed by atoms with van der Waals surface area (Å²) in [5, 5.41) is 8.39. The third-order valence-corrected chi connectivity index (χ3v) is 4.99. The summed E-state index contributed by atoms with van der Waals surface area (Å²) < 4.78 is 5.35. The zero-order valence-corrected chi connectivity index (χ0v) is 16.0. The molecule has 0 fully saturated rings. The first kappa shape index (κ1) is 18.5. The Morgan fingerprint density at radius 3 is 2.75 bits per heavy atom. The number of aryl methyl sites for hydroxylation is 2. The second-order valence-corrected chi connectivity index (χ2v) is 7.03. The summed E-state index contributed by atoms with van der Waals surface area (Å²) in [6, 6.07) is 5.61. The third kappa shape index (κ3) is 5.11. The standard InChI is InChI=1S/C17H23ClN4OS/c1-11-12(2)24-16(22-11)7-8-20-17(19-3)21-10-13-5-6-14(18)9-15(13)23-4/h5-6,9H,7-8,10H2,1-4H3,(H2,19,20,21). The van der Waals surface area contributed by atoms with Crippen LogP contribution in [0.15, 0.2) is 23.2 Å². The molecule has 0 unspecified atom stereocenters. The van der Waals surface area contributed by atoms with Crippen LogP contribution in [0.5, 0.6) is 5.75 Å². The van der Waals surface area contributed by atoms with Crippen LogP contribution in [0.1, 0.15) is 21.1 Å². The fourth-order valence-corrected chi connectivity index (χ4v) is 3.29. The Hall–Kier alpha value is -1.79. The van der Waals surface area contributed by atoms with Gasteiger partial charge in [-0.15, -0.1) is 11.3 Å². The van der Waals surface area contributed by atoms with Crippen molar-refractivity contribution >= 4 is 28.9 Å². The molecule has 5 nitrogen and oxygen atoms in total. The number of aliphatic imine (C=N–C) groups is 1. The van der Waals surface area contributed by atoms with Crippen molar-refractivity contribution in [1.82, 2.24) is 15.6 Å². The maximum atomic E-state index is 5.98. The lowest BCUT2D eigenvalue weighted by molar-refractivity contribution is 0.409. The van der Waals surface area contributed by atoms with Crippen molar-refractivity contribution in [3.05, 3.63) is 44.4 Å². The normalized spacial score (nSPS) is 11.5. The largest absolute Gasteiger partial charge is 0.496 e. The van der Waals surface area contributed by atoms with Crippen LogP contribution in [0.4, 0.5) is 0 Å². The summed E-state index contributed by atoms with van der Waals surface area (Å²) in [7, 11) is 3.40. The molecule has 0 amide bonds. The zero-order chi connectivity index (χ0) is 17.5. The van der Waals surface area contributed by atoms with E-state index >= 15 is 0 Å². The molecule has 1 heterocycles. The Labute approximate surface area is 152 Å². The number of methoxy groups -OCH3 is 1. The lowest BCUT2D eigenvalue weighted by Crippen LogP contribution is -2.37. The molecule has 130 valence electrons. The van der Waals surface area contributed by atoms with E-state index < -0.39 is 0 Å². The van der Waals surface area contributed by atoms with E-state index in [-0.39, 0.29) is 0 Å². The molecule has 1 aromatic carbocycles. The molecule has 0 saturated carbocycles. The molecule has 0 saturated heterocycles. The van der Waals surface area contributed by atoms with Crippen LogP contribution in [0.3, 0.4) is 0 Å². The molecule has 7 heteroatoms. The van der Waals surface area contributed by atoms with Gasteiger partial charge in [-0.05, 0) is 26.0 Å². The third-order valence-electron chi connectivity index (χ3n) is 3.62. The first-order chi connectivity index (χ1) is 11.5. The molecule has 0 aliphatic heterocycles. The van der Waals surface area contributed by atoms with Gasteiger partial charge in [-0.2, -0.15) is 0 Å². The maximum absolute atomic E-state index is 5.98. The molecule has 2 rings (SSSR count). The van der Waals surface area contributed by atoms with Crippen molar-refractivity contribution in [2.45, 2.75) is 26.8 Å². The Kier molecular flexibility index (Phi) is 6.87. The zero-order valence-electron chi connectivity index (χ0n) is 14.4. The van der Waals surface area contributed by atoms with Gasteiger partial charge in [0.15, 0.2) is 5.96 Å². The van der Waals surface area contributed by atoms with E-state index in [4.69, 9.17) is 16.3 Å². The monoisotopic (exact) mass is 366 g/mol. The van der Waals surface area contributed by atoms with E-state index in [1.54, 1.807) is 25.5 Å². The number of hydrogen-bond acceptors (Lipinski definition) is 4. The minimum atomic E-state index is 0.607. The SMILES string of the molecule is CN=C(NCCc1nc(C)c(C)s1)NCc1ccc(Cl)cc1OC. The highest BCUT2D eigenvalue weighted by Crippen LogP contribution is 2.22. The molecular formula is C17H23ClN4OS. The molecule has 0 spiro atoms. The molecule has 0 atom stereocenters. The van der Waals surface area contributed by atoms with Gasteiger partial charge in [0, 0.05) is 42.0 Å². The van der Waals surface area contributed by atoms with Crippen molar-refractivity contribution in [1.29, 1.82) is 0 Å². The summed E-state index contributed by atoms with van der Waals surface area (Å²) in [4.78, 5) is 10.1. The van der Waals surface area contributed by atoms with Crippen LogP contribution in [0.25, 0.3) is 0 Å². The van der Waals surface area contributed by atoms with Gasteiger partial charge in [0.1, 0.15) is 5.75 Å². The molecule has 0 bridgehead atoms. The van der Waals surface area contributed by atoms with Gasteiger partial charge >= 0.3 is 0 Å². The number of thiazole rings is 1. The minimum Gasteiger partial charge on any atom is -0.496 e. The second kappa shape index (κ2) is 8.89. The first-order valence-electron chi connectivity index (χ1n) is 7.73. The molecule has 1 aromatic heterocycles. The van der Waals surface area contributed by atoms with Gasteiger partial charge in [0.2, 0.25) is 0 Å². The number of ether oxygens (including phenoxy) is 1. The summed E-state index contributed by atoms with van der Waals surface area (Å²) in [6.07, 6.45) is 0.879. The number of benzene rings is 1. The Morgan fingerprint density at radius 1 is 1.33 bits per heavy atom. The van der Waals surface area contributed by atoms with Crippen molar-refractivity contribution < 1.29 is 4.74 Å². The highest BCUT2D eigenvalue weighted by Gasteiger charge is 2.06. The molecule has 2 aromatic rings. The number of guanidine groups is 1. The number of nitrogens with zero attached hydrogens (tertiary/aromatic N) is 2. The van der Waals surface area contributed by atoms with Crippen LogP contribution < -0.4 is 15.4 Å². The maximum Gasteiger partial charge on any atom is 0.191 e. The van der Waals surface area contributed by atoms with E-state index in [1.807, 2.05) is 25.1 Å². The van der Waals surface area contributed by atoms with Crippen LogP contribution >= 0.6 is 22.9 Å². The predicted molar refractivity (Wildman–Crippen MR) is 101 cm³/mol. The Bertz CT molecular complexity index is 695. The average Bonchev–Trinajstić information content (AvgIpc) is 2.89. The summed E-state index contributed by atoms with van der Waals surface area (Å²) >= 11 is 7.73. The number of nitrogens with one attached hydrogen (secondary N) is 2. The highest BCUT2D eigenvalue weighted by atomic mass is 35.5. The van der Waals surface area contributed by atoms with Gasteiger partial charge in [0.25, 0.3) is 0 Å². The smallest absolute Gasteiger partial charge is 0.191 e. The lowest BCUT2D eigenvalue weighted by atomic mass is 10.2. The van der Waals surface area contributed by atoms with Crippen molar-refractivity contribution in [3.8, 4) is 5.75 Å². The highest BCUT2D eigenvalue weighted by molar-refractivity contribution is 7.11. The van der Waals surface area contributed by atoms with Crippen molar-refractivity contribution in [2.24, 2.45) is 4.99 Å². The van der Waals surface area contributed by atoms with Crippen molar-refractivity contribution in [3.63, 3.8) is 0 Å². The fourth-order valence-electron chi connectivity index (χ4n) is 2.20. The van der Waals surface area contributed by atoms with E-state index in [0.717, 1.165) is 40.9 Å². The van der Waals surface area contributed by atoms with Crippen molar-refractivity contribution in [2.75, 3.05) is 20.7 Å². The molecule has 0 aliphatic rings. The van der Waals surface area contributed by atoms with E-state index in [9.17, 15) is 0 Å². The predicted octanol–water partition coefficient (Wildman–Crippen LogP) is 3.33. The van der Waals surface area contributed by atoms with Crippen LogP contribution in [0.2, 0.25) is 5.02 Å². The topological polar surface area (TPSA) is 58.5 Å². The van der Waals surface area contributed by atoms with Gasteiger partial charge in [-0.25, -0.2) is 4.98 Å². The molecule has 0 radical (unpaired) electrons. The number of aromatic nitrogens is 1. The van der Waals surface area contributed by atoms with Crippen LogP contribution in [0, 0.1) is 13.8 Å². The minimum absolute atomic E-state index is 0.607. The fraction of sp³-hybridized carbons (Fsp3) is 0.412. The van der Waals surface area contributed by atoms with Crippen LogP contribution in [-0.2, 0) is 13.0 Å². The number of rotatable bonds is 6. The Balaban J connectivity index is 1.84. The molecular weight excluding hydrogens is 344 g/mol. The lowest BCUT2D eigenvalue weighted by Gasteiger charge is -2.13. The van der Waals surface area contributed by atoms with E-state index in [0.29, 0.717) is 11.6 Å². The quantitative estimate of drug-likeness (QED) is 0.608. The van der Waals surface area contributed by atoms with Gasteiger partial charge in [0.05, 0.1) is 17.8 Å². The Morgan fingerprint density at radius 2 is 2.12 bits per heavy atom. The van der Waals surface area contributed by atoms with Gasteiger partial charge in [-0.3, -0.25) is 4.99 Å². The molecule has 24 heavy (non-hydrogen) atoms. The summed E-state index contributed by atoms with van der Waals surface area (Å²) in [5.74, 6) is 1.51. The van der Waals surface area contributed by atoms with Crippen LogP contribution in [-0.4, -0.2) is 31.6 Å². The molecule has 2 N–H and O–H groups in total. The van der Waals surface area contributed by atoms with E-state index in [2.05, 4.69) is 27.5 Å².